The molecule has 1 rings (SSSR count). The largest absolute Gasteiger partial charge is 0.444 e. The van der Waals surface area contributed by atoms with E-state index in [9.17, 15) is 9.59 Å². The molecule has 1 fully saturated rings. The Morgan fingerprint density at radius 3 is 2.75 bits per heavy atom. The number of ether oxygens (including phenoxy) is 1. The fourth-order valence-electron chi connectivity index (χ4n) is 1.50. The molecule has 0 bridgehead atoms. The maximum Gasteiger partial charge on any atom is 0.407 e. The van der Waals surface area contributed by atoms with Crippen LogP contribution in [0, 0.1) is 5.92 Å². The highest BCUT2D eigenvalue weighted by Gasteiger charge is 2.20. The lowest BCUT2D eigenvalue weighted by atomic mass is 9.99. The molecular formula is C11H20N2O3. The molecule has 0 aromatic carbocycles. The molecule has 1 saturated heterocycles. The van der Waals surface area contributed by atoms with Crippen molar-refractivity contribution in [3.8, 4) is 0 Å². The third kappa shape index (κ3) is 5.00. The molecule has 0 saturated carbocycles. The Morgan fingerprint density at radius 1 is 1.56 bits per heavy atom. The van der Waals surface area contributed by atoms with E-state index in [1.165, 1.54) is 0 Å². The van der Waals surface area contributed by atoms with Gasteiger partial charge in [-0.15, -0.1) is 0 Å². The quantitative estimate of drug-likeness (QED) is 0.742. The SMILES string of the molecule is CC(C)(C)OC(=O)NC[C@H]1CCC(=O)NC1. The summed E-state index contributed by atoms with van der Waals surface area (Å²) in [5.41, 5.74) is -0.467. The molecule has 2 N–H and O–H groups in total. The van der Waals surface area contributed by atoms with Crippen LogP contribution in [0.4, 0.5) is 4.79 Å². The fraction of sp³-hybridized carbons (Fsp3) is 0.818. The molecule has 1 heterocycles. The van der Waals surface area contributed by atoms with Crippen LogP contribution in [-0.4, -0.2) is 30.7 Å². The smallest absolute Gasteiger partial charge is 0.407 e. The summed E-state index contributed by atoms with van der Waals surface area (Å²) in [7, 11) is 0. The van der Waals surface area contributed by atoms with E-state index in [1.807, 2.05) is 20.8 Å². The van der Waals surface area contributed by atoms with Gasteiger partial charge in [0.05, 0.1) is 0 Å². The molecule has 1 aliphatic heterocycles. The van der Waals surface area contributed by atoms with E-state index >= 15 is 0 Å². The van der Waals surface area contributed by atoms with E-state index in [0.717, 1.165) is 6.42 Å². The number of piperidine rings is 1. The van der Waals surface area contributed by atoms with E-state index in [4.69, 9.17) is 4.74 Å². The number of amides is 2. The highest BCUT2D eigenvalue weighted by atomic mass is 16.6. The second kappa shape index (κ2) is 5.18. The van der Waals surface area contributed by atoms with Crippen molar-refractivity contribution in [1.82, 2.24) is 10.6 Å². The summed E-state index contributed by atoms with van der Waals surface area (Å²) in [6.45, 7) is 6.66. The highest BCUT2D eigenvalue weighted by molar-refractivity contribution is 5.76. The average Bonchev–Trinajstić information content (AvgIpc) is 2.14. The number of rotatable bonds is 2. The molecule has 0 unspecified atom stereocenters. The van der Waals surface area contributed by atoms with Gasteiger partial charge in [0.15, 0.2) is 0 Å². The summed E-state index contributed by atoms with van der Waals surface area (Å²) in [6.07, 6.45) is 0.965. The van der Waals surface area contributed by atoms with Crippen molar-refractivity contribution in [3.05, 3.63) is 0 Å². The molecule has 0 aliphatic carbocycles. The normalized spacial score (nSPS) is 21.2. The van der Waals surface area contributed by atoms with Crippen LogP contribution in [0.15, 0.2) is 0 Å². The summed E-state index contributed by atoms with van der Waals surface area (Å²) in [5.74, 6) is 0.402. The summed E-state index contributed by atoms with van der Waals surface area (Å²) in [6, 6.07) is 0. The molecule has 5 nitrogen and oxygen atoms in total. The fourth-order valence-corrected chi connectivity index (χ4v) is 1.50. The van der Waals surface area contributed by atoms with Crippen LogP contribution >= 0.6 is 0 Å². The Kier molecular flexibility index (Phi) is 4.15. The third-order valence-electron chi connectivity index (χ3n) is 2.30. The van der Waals surface area contributed by atoms with E-state index in [-0.39, 0.29) is 5.91 Å². The van der Waals surface area contributed by atoms with Gasteiger partial charge in [0.25, 0.3) is 0 Å². The molecule has 92 valence electrons. The van der Waals surface area contributed by atoms with Gasteiger partial charge in [0, 0.05) is 19.5 Å². The van der Waals surface area contributed by atoms with Gasteiger partial charge in [0.2, 0.25) is 5.91 Å². The van der Waals surface area contributed by atoms with E-state index < -0.39 is 11.7 Å². The second-order valence-corrected chi connectivity index (χ2v) is 5.09. The molecule has 1 aliphatic rings. The number of carbonyl (C=O) groups excluding carboxylic acids is 2. The van der Waals surface area contributed by atoms with Crippen molar-refractivity contribution in [2.24, 2.45) is 5.92 Å². The zero-order chi connectivity index (χ0) is 12.2. The predicted molar refractivity (Wildman–Crippen MR) is 60.0 cm³/mol. The molecule has 0 radical (unpaired) electrons. The van der Waals surface area contributed by atoms with Gasteiger partial charge in [-0.2, -0.15) is 0 Å². The lowest BCUT2D eigenvalue weighted by molar-refractivity contribution is -0.122. The highest BCUT2D eigenvalue weighted by Crippen LogP contribution is 2.10. The Labute approximate surface area is 95.9 Å². The molecule has 0 aromatic rings. The molecule has 2 amide bonds. The zero-order valence-corrected chi connectivity index (χ0v) is 10.1. The van der Waals surface area contributed by atoms with Crippen molar-refractivity contribution in [2.75, 3.05) is 13.1 Å². The van der Waals surface area contributed by atoms with Crippen LogP contribution in [0.5, 0.6) is 0 Å². The topological polar surface area (TPSA) is 67.4 Å². The first-order valence-electron chi connectivity index (χ1n) is 5.60. The van der Waals surface area contributed by atoms with Crippen LogP contribution in [0.1, 0.15) is 33.6 Å². The van der Waals surface area contributed by atoms with Crippen LogP contribution in [0.3, 0.4) is 0 Å². The number of hydrogen-bond donors (Lipinski definition) is 2. The van der Waals surface area contributed by atoms with Gasteiger partial charge in [-0.25, -0.2) is 4.79 Å². The number of alkyl carbamates (subject to hydrolysis) is 1. The van der Waals surface area contributed by atoms with Crippen LogP contribution < -0.4 is 10.6 Å². The van der Waals surface area contributed by atoms with E-state index in [1.54, 1.807) is 0 Å². The standard InChI is InChI=1S/C11H20N2O3/c1-11(2,3)16-10(15)13-7-8-4-5-9(14)12-6-8/h8H,4-7H2,1-3H3,(H,12,14)(H,13,15)/t8-/m0/s1. The minimum absolute atomic E-state index is 0.0912. The van der Waals surface area contributed by atoms with Crippen molar-refractivity contribution in [2.45, 2.75) is 39.2 Å². The molecule has 16 heavy (non-hydrogen) atoms. The summed E-state index contributed by atoms with van der Waals surface area (Å²) in [4.78, 5) is 22.3. The molecular weight excluding hydrogens is 208 g/mol. The van der Waals surface area contributed by atoms with E-state index in [0.29, 0.717) is 25.4 Å². The molecule has 1 atom stereocenters. The lowest BCUT2D eigenvalue weighted by Crippen LogP contribution is -2.42. The Morgan fingerprint density at radius 2 is 2.25 bits per heavy atom. The van der Waals surface area contributed by atoms with Crippen molar-refractivity contribution in [3.63, 3.8) is 0 Å². The predicted octanol–water partition coefficient (Wildman–Crippen LogP) is 1.04. The number of carbonyl (C=O) groups is 2. The van der Waals surface area contributed by atoms with Crippen LogP contribution in [-0.2, 0) is 9.53 Å². The zero-order valence-electron chi connectivity index (χ0n) is 10.1. The maximum atomic E-state index is 11.3. The molecule has 0 spiro atoms. The summed E-state index contributed by atoms with van der Waals surface area (Å²) >= 11 is 0. The molecule has 0 aromatic heterocycles. The second-order valence-electron chi connectivity index (χ2n) is 5.09. The summed E-state index contributed by atoms with van der Waals surface area (Å²) in [5, 5.41) is 5.48. The van der Waals surface area contributed by atoms with Gasteiger partial charge in [0.1, 0.15) is 5.60 Å². The van der Waals surface area contributed by atoms with Gasteiger partial charge < -0.3 is 15.4 Å². The van der Waals surface area contributed by atoms with Gasteiger partial charge in [-0.3, -0.25) is 4.79 Å². The van der Waals surface area contributed by atoms with Crippen molar-refractivity contribution >= 4 is 12.0 Å². The maximum absolute atomic E-state index is 11.3. The van der Waals surface area contributed by atoms with E-state index in [2.05, 4.69) is 10.6 Å². The Balaban J connectivity index is 2.19. The lowest BCUT2D eigenvalue weighted by Gasteiger charge is -2.24. The van der Waals surface area contributed by atoms with Crippen LogP contribution in [0.25, 0.3) is 0 Å². The average molecular weight is 228 g/mol. The van der Waals surface area contributed by atoms with Gasteiger partial charge in [-0.1, -0.05) is 0 Å². The van der Waals surface area contributed by atoms with Crippen molar-refractivity contribution < 1.29 is 14.3 Å². The minimum Gasteiger partial charge on any atom is -0.444 e. The first-order valence-corrected chi connectivity index (χ1v) is 5.60. The first-order chi connectivity index (χ1) is 7.37. The Bertz CT molecular complexity index is 261. The third-order valence-corrected chi connectivity index (χ3v) is 2.30. The van der Waals surface area contributed by atoms with Crippen molar-refractivity contribution in [1.29, 1.82) is 0 Å². The van der Waals surface area contributed by atoms with Gasteiger partial charge >= 0.3 is 6.09 Å². The Hall–Kier alpha value is -1.26. The summed E-state index contributed by atoms with van der Waals surface area (Å²) < 4.78 is 5.11. The number of hydrogen-bond acceptors (Lipinski definition) is 3. The van der Waals surface area contributed by atoms with Gasteiger partial charge in [-0.05, 0) is 33.1 Å². The van der Waals surface area contributed by atoms with Crippen LogP contribution in [0.2, 0.25) is 0 Å². The first kappa shape index (κ1) is 12.8. The molecule has 5 heteroatoms. The monoisotopic (exact) mass is 228 g/mol. The minimum atomic E-state index is -0.467. The number of nitrogens with one attached hydrogen (secondary N) is 2.